The molecule has 4 atom stereocenters. The molecule has 0 spiro atoms. The predicted molar refractivity (Wildman–Crippen MR) is 81.1 cm³/mol. The van der Waals surface area contributed by atoms with E-state index in [1.807, 2.05) is 0 Å². The van der Waals surface area contributed by atoms with E-state index in [9.17, 15) is 19.8 Å². The second kappa shape index (κ2) is 6.67. The summed E-state index contributed by atoms with van der Waals surface area (Å²) in [5.41, 5.74) is 4.82. The zero-order chi connectivity index (χ0) is 16.4. The average Bonchev–Trinajstić information content (AvgIpc) is 2.73. The molecule has 1 aromatic rings. The van der Waals surface area contributed by atoms with Gasteiger partial charge < -0.3 is 20.7 Å². The van der Waals surface area contributed by atoms with Gasteiger partial charge in [0, 0.05) is 6.20 Å². The van der Waals surface area contributed by atoms with Gasteiger partial charge in [0.05, 0.1) is 17.3 Å². The fourth-order valence-corrected chi connectivity index (χ4v) is 3.49. The Morgan fingerprint density at radius 2 is 2.18 bits per heavy atom. The van der Waals surface area contributed by atoms with E-state index >= 15 is 0 Å². The van der Waals surface area contributed by atoms with Crippen LogP contribution in [0.25, 0.3) is 0 Å². The molecule has 0 bridgehead atoms. The van der Waals surface area contributed by atoms with Gasteiger partial charge in [0.2, 0.25) is 0 Å². The zero-order valence-corrected chi connectivity index (χ0v) is 13.1. The minimum atomic E-state index is -1.17. The number of carbonyl (C=O) groups is 1. The molecular weight excluding hydrogens is 310 g/mol. The van der Waals surface area contributed by atoms with Gasteiger partial charge in [-0.2, -0.15) is 4.98 Å². The number of nitrogens with zero attached hydrogens (tertiary/aromatic N) is 2. The van der Waals surface area contributed by atoms with Gasteiger partial charge >= 0.3 is 11.7 Å². The Hall–Kier alpha value is -1.58. The van der Waals surface area contributed by atoms with Crippen molar-refractivity contribution < 1.29 is 19.7 Å². The van der Waals surface area contributed by atoms with Crippen LogP contribution in [0.4, 0.5) is 5.82 Å². The summed E-state index contributed by atoms with van der Waals surface area (Å²) in [6, 6.07) is 1.44. The lowest BCUT2D eigenvalue weighted by molar-refractivity contribution is -0.148. The van der Waals surface area contributed by atoms with Gasteiger partial charge in [-0.25, -0.2) is 4.79 Å². The number of aliphatic hydroxyl groups excluding tert-OH is 2. The molecule has 9 heteroatoms. The van der Waals surface area contributed by atoms with E-state index in [0.717, 1.165) is 11.8 Å². The number of thioether (sulfide) groups is 1. The molecule has 2 unspecified atom stereocenters. The van der Waals surface area contributed by atoms with Crippen molar-refractivity contribution in [1.29, 1.82) is 0 Å². The Bertz CT molecular complexity index is 606. The van der Waals surface area contributed by atoms with Crippen molar-refractivity contribution in [2.75, 3.05) is 12.3 Å². The van der Waals surface area contributed by atoms with Crippen LogP contribution < -0.4 is 11.4 Å². The highest BCUT2D eigenvalue weighted by molar-refractivity contribution is 8.00. The van der Waals surface area contributed by atoms with Crippen LogP contribution in [-0.4, -0.2) is 49.8 Å². The molecule has 4 N–H and O–H groups in total. The van der Waals surface area contributed by atoms with E-state index in [2.05, 4.69) is 4.98 Å². The van der Waals surface area contributed by atoms with Crippen LogP contribution in [0.2, 0.25) is 0 Å². The number of nitrogens with two attached hydrogens (primary N) is 1. The number of rotatable bonds is 4. The topological polar surface area (TPSA) is 128 Å². The third-order valence-corrected chi connectivity index (χ3v) is 4.87. The maximum atomic E-state index is 11.8. The lowest BCUT2D eigenvalue weighted by Gasteiger charge is -2.17. The van der Waals surface area contributed by atoms with E-state index in [1.54, 1.807) is 13.8 Å². The molecule has 0 aliphatic carbocycles. The van der Waals surface area contributed by atoms with Crippen molar-refractivity contribution in [1.82, 2.24) is 9.55 Å². The van der Waals surface area contributed by atoms with Crippen LogP contribution >= 0.6 is 11.8 Å². The highest BCUT2D eigenvalue weighted by Crippen LogP contribution is 2.41. The van der Waals surface area contributed by atoms with Crippen LogP contribution in [0.1, 0.15) is 19.2 Å². The minimum absolute atomic E-state index is 0.0342. The van der Waals surface area contributed by atoms with Gasteiger partial charge in [0.15, 0.2) is 0 Å². The molecule has 22 heavy (non-hydrogen) atoms. The molecule has 8 nitrogen and oxygen atoms in total. The largest absolute Gasteiger partial charge is 0.464 e. The van der Waals surface area contributed by atoms with Gasteiger partial charge in [-0.1, -0.05) is 13.8 Å². The van der Waals surface area contributed by atoms with Crippen LogP contribution in [0.3, 0.4) is 0 Å². The highest BCUT2D eigenvalue weighted by Gasteiger charge is 2.44. The van der Waals surface area contributed by atoms with Crippen LogP contribution in [0, 0.1) is 5.92 Å². The van der Waals surface area contributed by atoms with E-state index in [1.165, 1.54) is 16.8 Å². The van der Waals surface area contributed by atoms with Crippen LogP contribution in [0.5, 0.6) is 0 Å². The lowest BCUT2D eigenvalue weighted by atomic mass is 10.1. The Morgan fingerprint density at radius 1 is 1.50 bits per heavy atom. The summed E-state index contributed by atoms with van der Waals surface area (Å²) in [6.45, 7) is 3.38. The van der Waals surface area contributed by atoms with Gasteiger partial charge in [-0.3, -0.25) is 9.36 Å². The number of carbonyl (C=O) groups excluding carboxylic acids is 1. The van der Waals surface area contributed by atoms with Crippen molar-refractivity contribution in [3.63, 3.8) is 0 Å². The fraction of sp³-hybridized carbons (Fsp3) is 0.615. The SMILES string of the molecule is CC(C)C(=O)OC[C@H]1S[C@@H](n2ccc(N)nc2=O)C(O)C1O. The van der Waals surface area contributed by atoms with E-state index < -0.39 is 28.5 Å². The first-order chi connectivity index (χ1) is 10.3. The molecule has 0 amide bonds. The van der Waals surface area contributed by atoms with Gasteiger partial charge in [-0.05, 0) is 6.07 Å². The maximum Gasteiger partial charge on any atom is 0.350 e. The third-order valence-electron chi connectivity index (χ3n) is 3.32. The monoisotopic (exact) mass is 329 g/mol. The molecule has 1 fully saturated rings. The number of hydrogen-bond acceptors (Lipinski definition) is 8. The number of hydrogen-bond donors (Lipinski definition) is 3. The fourth-order valence-electron chi connectivity index (χ4n) is 2.05. The second-order valence-electron chi connectivity index (χ2n) is 5.37. The number of nitrogen functional groups attached to an aromatic ring is 1. The molecule has 0 aromatic carbocycles. The van der Waals surface area contributed by atoms with Crippen molar-refractivity contribution in [3.8, 4) is 0 Å². The first-order valence-corrected chi connectivity index (χ1v) is 7.78. The number of esters is 1. The molecule has 2 rings (SSSR count). The van der Waals surface area contributed by atoms with Crippen molar-refractivity contribution in [3.05, 3.63) is 22.7 Å². The molecule has 1 aromatic heterocycles. The Morgan fingerprint density at radius 3 is 2.77 bits per heavy atom. The smallest absolute Gasteiger partial charge is 0.350 e. The van der Waals surface area contributed by atoms with Crippen molar-refractivity contribution >= 4 is 23.5 Å². The molecule has 0 radical (unpaired) electrons. The summed E-state index contributed by atoms with van der Waals surface area (Å²) in [7, 11) is 0. The average molecular weight is 329 g/mol. The Balaban J connectivity index is 2.10. The number of anilines is 1. The normalized spacial score (nSPS) is 28.0. The third kappa shape index (κ3) is 3.42. The molecule has 1 aliphatic heterocycles. The van der Waals surface area contributed by atoms with Crippen molar-refractivity contribution in [2.24, 2.45) is 5.92 Å². The van der Waals surface area contributed by atoms with Gasteiger partial charge in [0.1, 0.15) is 23.9 Å². The lowest BCUT2D eigenvalue weighted by Crippen LogP contribution is -2.36. The summed E-state index contributed by atoms with van der Waals surface area (Å²) < 4.78 is 6.29. The molecular formula is C13H19N3O5S. The standard InChI is InChI=1S/C13H19N3O5S/c1-6(2)12(19)21-5-7-9(17)10(18)11(22-7)16-4-3-8(14)15-13(16)20/h3-4,6-7,9-11,17-18H,5H2,1-2H3,(H2,14,15,20)/t7-,9?,10?,11-/m1/s1. The summed E-state index contributed by atoms with van der Waals surface area (Å²) in [5.74, 6) is -0.563. The van der Waals surface area contributed by atoms with Crippen LogP contribution in [0.15, 0.2) is 17.1 Å². The molecule has 0 saturated carbocycles. The first-order valence-electron chi connectivity index (χ1n) is 6.84. The summed E-state index contributed by atoms with van der Waals surface area (Å²) >= 11 is 1.16. The predicted octanol–water partition coefficient (Wildman–Crippen LogP) is -0.639. The minimum Gasteiger partial charge on any atom is -0.464 e. The number of ether oxygens (including phenoxy) is 1. The number of aliphatic hydroxyl groups is 2. The Kier molecular flexibility index (Phi) is 5.09. The van der Waals surface area contributed by atoms with Crippen LogP contribution in [-0.2, 0) is 9.53 Å². The molecule has 1 aliphatic rings. The second-order valence-corrected chi connectivity index (χ2v) is 6.73. The molecule has 122 valence electrons. The summed E-state index contributed by atoms with van der Waals surface area (Å²) in [5, 5.41) is 19.0. The maximum absolute atomic E-state index is 11.8. The van der Waals surface area contributed by atoms with Gasteiger partial charge in [-0.15, -0.1) is 11.8 Å². The Labute approximate surface area is 131 Å². The van der Waals surface area contributed by atoms with Gasteiger partial charge in [0.25, 0.3) is 0 Å². The quantitative estimate of drug-likeness (QED) is 0.622. The number of aromatic nitrogens is 2. The zero-order valence-electron chi connectivity index (χ0n) is 12.2. The van der Waals surface area contributed by atoms with E-state index in [0.29, 0.717) is 0 Å². The first kappa shape index (κ1) is 16.8. The van der Waals surface area contributed by atoms with Crippen molar-refractivity contribution in [2.45, 2.75) is 36.7 Å². The van der Waals surface area contributed by atoms with E-state index in [-0.39, 0.29) is 24.3 Å². The van der Waals surface area contributed by atoms with E-state index in [4.69, 9.17) is 10.5 Å². The molecule has 2 heterocycles. The molecule has 1 saturated heterocycles. The highest BCUT2D eigenvalue weighted by atomic mass is 32.2. The summed E-state index contributed by atoms with van der Waals surface area (Å²) in [6.07, 6.45) is -0.865. The summed E-state index contributed by atoms with van der Waals surface area (Å²) in [4.78, 5) is 26.9.